The van der Waals surface area contributed by atoms with Crippen molar-refractivity contribution in [3.8, 4) is 11.5 Å². The molecule has 1 unspecified atom stereocenters. The number of aryl methyl sites for hydroxylation is 1. The number of rotatable bonds is 11. The van der Waals surface area contributed by atoms with E-state index in [1.807, 2.05) is 55.6 Å². The normalized spacial score (nSPS) is 26.7. The van der Waals surface area contributed by atoms with Crippen molar-refractivity contribution in [3.05, 3.63) is 71.4 Å². The van der Waals surface area contributed by atoms with Crippen LogP contribution in [-0.2, 0) is 21.5 Å². The lowest BCUT2D eigenvalue weighted by Gasteiger charge is -2.55. The highest BCUT2D eigenvalue weighted by molar-refractivity contribution is 5.55. The fourth-order valence-electron chi connectivity index (χ4n) is 6.58. The minimum Gasteiger partial charge on any atom is -0.504 e. The van der Waals surface area contributed by atoms with Gasteiger partial charge in [0.25, 0.3) is 0 Å². The van der Waals surface area contributed by atoms with Crippen LogP contribution in [0, 0.1) is 12.8 Å². The Kier molecular flexibility index (Phi) is 8.03. The third-order valence-corrected chi connectivity index (χ3v) is 8.73. The Morgan fingerprint density at radius 3 is 2.55 bits per heavy atom. The first-order valence-electron chi connectivity index (χ1n) is 14.3. The molecular formula is C32H43NO5. The van der Waals surface area contributed by atoms with Crippen LogP contribution in [0.15, 0.2) is 54.7 Å². The molecule has 3 aliphatic rings. The third-order valence-electron chi connectivity index (χ3n) is 8.73. The quantitative estimate of drug-likeness (QED) is 0.343. The number of hydrogen-bond acceptors (Lipinski definition) is 6. The highest BCUT2D eigenvalue weighted by Crippen LogP contribution is 2.59. The molecule has 1 heterocycles. The second-order valence-electron chi connectivity index (χ2n) is 11.5. The van der Waals surface area contributed by atoms with Crippen LogP contribution in [0.3, 0.4) is 0 Å². The van der Waals surface area contributed by atoms with E-state index < -0.39 is 16.8 Å². The number of phenolic OH excluding ortho intramolecular Hbond substituents is 1. The van der Waals surface area contributed by atoms with Gasteiger partial charge in [0.15, 0.2) is 17.3 Å². The van der Waals surface area contributed by atoms with Crippen molar-refractivity contribution < 1.29 is 24.4 Å². The standard InChI is InChI=1S/C32H43NO5/c1-3-14-31(35)16-17-32(37-19-20-38-32)23-30(31,15-7-18-33-21-25-11-12-25)28-24(2)10-13-27(29(28)34)36-22-26-8-5-4-6-9-26/h4-10,13,18,25,33-35H,3,11-12,14-17,19-23H2,1-2H3/t30-,31?/m1/s1. The summed E-state index contributed by atoms with van der Waals surface area (Å²) in [5.41, 5.74) is 0.843. The number of ether oxygens (including phenoxy) is 3. The van der Waals surface area contributed by atoms with E-state index in [9.17, 15) is 10.2 Å². The van der Waals surface area contributed by atoms with Crippen LogP contribution in [0.5, 0.6) is 11.5 Å². The van der Waals surface area contributed by atoms with Crippen molar-refractivity contribution >= 4 is 0 Å². The molecule has 3 N–H and O–H groups in total. The number of phenols is 1. The summed E-state index contributed by atoms with van der Waals surface area (Å²) in [5.74, 6) is 0.546. The molecule has 1 spiro atoms. The predicted molar refractivity (Wildman–Crippen MR) is 148 cm³/mol. The SMILES string of the molecule is CCCC1(O)CCC2(C[C@]1(CC=CNCC1CC1)c1c(C)ccc(OCc3ccccc3)c1O)OCCO2. The number of hydrogen-bond donors (Lipinski definition) is 3. The Morgan fingerprint density at radius 2 is 1.84 bits per heavy atom. The largest absolute Gasteiger partial charge is 0.504 e. The second-order valence-corrected chi connectivity index (χ2v) is 11.5. The van der Waals surface area contributed by atoms with Crippen LogP contribution in [0.1, 0.15) is 75.0 Å². The molecular weight excluding hydrogens is 478 g/mol. The Hall–Kier alpha value is -2.54. The molecule has 38 heavy (non-hydrogen) atoms. The Labute approximate surface area is 227 Å². The Bertz CT molecular complexity index is 1110. The molecule has 0 amide bonds. The van der Waals surface area contributed by atoms with E-state index in [0.29, 0.717) is 57.7 Å². The van der Waals surface area contributed by atoms with Gasteiger partial charge < -0.3 is 29.7 Å². The van der Waals surface area contributed by atoms with Gasteiger partial charge in [0, 0.05) is 30.4 Å². The molecule has 0 aromatic heterocycles. The first-order chi connectivity index (χ1) is 18.4. The maximum atomic E-state index is 12.5. The number of benzene rings is 2. The first-order valence-corrected chi connectivity index (χ1v) is 14.3. The van der Waals surface area contributed by atoms with Gasteiger partial charge in [0.1, 0.15) is 6.61 Å². The summed E-state index contributed by atoms with van der Waals surface area (Å²) >= 11 is 0. The molecule has 5 rings (SSSR count). The minimum atomic E-state index is -1.04. The second kappa shape index (κ2) is 11.3. The highest BCUT2D eigenvalue weighted by Gasteiger charge is 2.61. The minimum absolute atomic E-state index is 0.102. The summed E-state index contributed by atoms with van der Waals surface area (Å²) in [6.07, 6.45) is 10.4. The lowest BCUT2D eigenvalue weighted by atomic mass is 9.54. The van der Waals surface area contributed by atoms with Crippen LogP contribution in [0.2, 0.25) is 0 Å². The molecule has 2 saturated carbocycles. The van der Waals surface area contributed by atoms with E-state index in [4.69, 9.17) is 14.2 Å². The van der Waals surface area contributed by atoms with Crippen LogP contribution in [0.25, 0.3) is 0 Å². The zero-order valence-electron chi connectivity index (χ0n) is 22.9. The van der Waals surface area contributed by atoms with Crippen molar-refractivity contribution in [1.29, 1.82) is 0 Å². The zero-order valence-corrected chi connectivity index (χ0v) is 22.9. The maximum absolute atomic E-state index is 12.5. The van der Waals surface area contributed by atoms with Crippen LogP contribution < -0.4 is 10.1 Å². The first kappa shape index (κ1) is 27.0. The lowest BCUT2D eigenvalue weighted by Crippen LogP contribution is -2.60. The zero-order chi connectivity index (χ0) is 26.6. The Morgan fingerprint density at radius 1 is 1.08 bits per heavy atom. The van der Waals surface area contributed by atoms with E-state index in [1.165, 1.54) is 12.8 Å². The van der Waals surface area contributed by atoms with Crippen LogP contribution in [0.4, 0.5) is 0 Å². The van der Waals surface area contributed by atoms with Crippen molar-refractivity contribution in [1.82, 2.24) is 5.32 Å². The number of aromatic hydroxyl groups is 1. The molecule has 0 radical (unpaired) electrons. The van der Waals surface area contributed by atoms with Gasteiger partial charge in [-0.15, -0.1) is 0 Å². The fourth-order valence-corrected chi connectivity index (χ4v) is 6.58. The number of aliphatic hydroxyl groups is 1. The van der Waals surface area contributed by atoms with Crippen molar-refractivity contribution in [2.75, 3.05) is 19.8 Å². The van der Waals surface area contributed by atoms with Crippen LogP contribution in [-0.4, -0.2) is 41.4 Å². The van der Waals surface area contributed by atoms with Gasteiger partial charge in [-0.3, -0.25) is 0 Å². The van der Waals surface area contributed by atoms with Crippen LogP contribution >= 0.6 is 0 Å². The molecule has 3 fully saturated rings. The smallest absolute Gasteiger partial charge is 0.169 e. The van der Waals surface area contributed by atoms with E-state index in [1.54, 1.807) is 0 Å². The summed E-state index contributed by atoms with van der Waals surface area (Å²) < 4.78 is 18.6. The fraction of sp³-hybridized carbons (Fsp3) is 0.562. The predicted octanol–water partition coefficient (Wildman–Crippen LogP) is 5.88. The monoisotopic (exact) mass is 521 g/mol. The number of nitrogens with one attached hydrogen (secondary N) is 1. The van der Waals surface area contributed by atoms with Gasteiger partial charge >= 0.3 is 0 Å². The van der Waals surface area contributed by atoms with Gasteiger partial charge in [-0.1, -0.05) is 55.8 Å². The summed E-state index contributed by atoms with van der Waals surface area (Å²) in [7, 11) is 0. The van der Waals surface area contributed by atoms with Crippen molar-refractivity contribution in [2.45, 2.75) is 88.6 Å². The maximum Gasteiger partial charge on any atom is 0.169 e. The van der Waals surface area contributed by atoms with E-state index in [-0.39, 0.29) is 5.75 Å². The van der Waals surface area contributed by atoms with E-state index in [0.717, 1.165) is 35.6 Å². The molecule has 1 saturated heterocycles. The van der Waals surface area contributed by atoms with Crippen molar-refractivity contribution in [3.63, 3.8) is 0 Å². The molecule has 6 nitrogen and oxygen atoms in total. The van der Waals surface area contributed by atoms with Gasteiger partial charge in [0.05, 0.1) is 18.8 Å². The molecule has 6 heteroatoms. The highest BCUT2D eigenvalue weighted by atomic mass is 16.7. The summed E-state index contributed by atoms with van der Waals surface area (Å²) in [4.78, 5) is 0. The summed E-state index contributed by atoms with van der Waals surface area (Å²) in [5, 5.41) is 27.7. The van der Waals surface area contributed by atoms with Gasteiger partial charge in [-0.2, -0.15) is 0 Å². The van der Waals surface area contributed by atoms with E-state index in [2.05, 4.69) is 18.3 Å². The van der Waals surface area contributed by atoms with Crippen molar-refractivity contribution in [2.24, 2.45) is 5.92 Å². The molecule has 2 aromatic carbocycles. The number of allylic oxidation sites excluding steroid dienone is 1. The molecule has 0 bridgehead atoms. The van der Waals surface area contributed by atoms with Gasteiger partial charge in [0.2, 0.25) is 0 Å². The summed E-state index contributed by atoms with van der Waals surface area (Å²) in [6, 6.07) is 13.8. The molecule has 2 atom stereocenters. The van der Waals surface area contributed by atoms with Gasteiger partial charge in [-0.25, -0.2) is 0 Å². The molecule has 1 aliphatic heterocycles. The van der Waals surface area contributed by atoms with Gasteiger partial charge in [-0.05, 0) is 68.3 Å². The Balaban J connectivity index is 1.55. The molecule has 2 aromatic rings. The lowest BCUT2D eigenvalue weighted by molar-refractivity contribution is -0.232. The average molecular weight is 522 g/mol. The average Bonchev–Trinajstić information content (AvgIpc) is 3.63. The third kappa shape index (κ3) is 5.45. The van der Waals surface area contributed by atoms with E-state index >= 15 is 0 Å². The topological polar surface area (TPSA) is 80.2 Å². The summed E-state index contributed by atoms with van der Waals surface area (Å²) in [6.45, 7) is 6.54. The molecule has 2 aliphatic carbocycles. The molecule has 206 valence electrons.